The normalized spacial score (nSPS) is 15.8. The predicted molar refractivity (Wildman–Crippen MR) is 163 cm³/mol. The van der Waals surface area contributed by atoms with Crippen LogP contribution >= 0.6 is 12.2 Å². The highest BCUT2D eigenvalue weighted by molar-refractivity contribution is 7.80. The Morgan fingerprint density at radius 1 is 0.902 bits per heavy atom. The molecule has 0 aliphatic carbocycles. The molecule has 9 nitrogen and oxygen atoms in total. The molecular weight excluding hydrogens is 543 g/mol. The summed E-state index contributed by atoms with van der Waals surface area (Å²) in [4.78, 5) is 30.7. The van der Waals surface area contributed by atoms with Gasteiger partial charge in [-0.15, -0.1) is 0 Å². The van der Waals surface area contributed by atoms with Gasteiger partial charge in [-0.05, 0) is 73.9 Å². The predicted octanol–water partition coefficient (Wildman–Crippen LogP) is 5.17. The molecule has 0 spiro atoms. The van der Waals surface area contributed by atoms with Crippen LogP contribution in [0, 0.1) is 15.9 Å². The number of benzene rings is 3. The van der Waals surface area contributed by atoms with E-state index in [2.05, 4.69) is 20.4 Å². The number of piperazine rings is 1. The zero-order valence-corrected chi connectivity index (χ0v) is 23.5. The largest absolute Gasteiger partial charge is 0.369 e. The first kappa shape index (κ1) is 28.4. The number of nitro benzene ring substituents is 1. The Hall–Kier alpha value is -4.09. The fourth-order valence-electron chi connectivity index (χ4n) is 5.34. The first-order chi connectivity index (χ1) is 19.9. The summed E-state index contributed by atoms with van der Waals surface area (Å²) in [7, 11) is 0. The van der Waals surface area contributed by atoms with Gasteiger partial charge in [0, 0.05) is 74.4 Å². The van der Waals surface area contributed by atoms with E-state index in [-0.39, 0.29) is 22.2 Å². The molecule has 0 atom stereocenters. The number of anilines is 3. The molecule has 214 valence electrons. The summed E-state index contributed by atoms with van der Waals surface area (Å²) in [5.74, 6) is -0.681. The highest BCUT2D eigenvalue weighted by Gasteiger charge is 2.23. The van der Waals surface area contributed by atoms with Gasteiger partial charge in [0.2, 0.25) is 0 Å². The van der Waals surface area contributed by atoms with Crippen LogP contribution in [0.5, 0.6) is 0 Å². The zero-order chi connectivity index (χ0) is 28.8. The van der Waals surface area contributed by atoms with Crippen LogP contribution in [-0.4, -0.2) is 60.1 Å². The third-order valence-corrected chi connectivity index (χ3v) is 7.78. The van der Waals surface area contributed by atoms with Crippen LogP contribution in [-0.2, 0) is 6.54 Å². The summed E-state index contributed by atoms with van der Waals surface area (Å²) in [6.07, 6.45) is 3.11. The molecule has 2 aliphatic rings. The Balaban J connectivity index is 1.13. The minimum absolute atomic E-state index is 0.0814. The maximum absolute atomic E-state index is 14.0. The molecule has 5 rings (SSSR count). The lowest BCUT2D eigenvalue weighted by Crippen LogP contribution is -2.46. The third kappa shape index (κ3) is 7.17. The van der Waals surface area contributed by atoms with Crippen molar-refractivity contribution in [2.75, 3.05) is 54.4 Å². The second-order valence-corrected chi connectivity index (χ2v) is 10.7. The van der Waals surface area contributed by atoms with Gasteiger partial charge in [-0.1, -0.05) is 18.2 Å². The summed E-state index contributed by atoms with van der Waals surface area (Å²) in [6.45, 7) is 5.47. The Labute approximate surface area is 244 Å². The number of carbonyl (C=O) groups is 1. The van der Waals surface area contributed by atoms with E-state index < -0.39 is 10.8 Å². The molecule has 2 N–H and O–H groups in total. The van der Waals surface area contributed by atoms with Gasteiger partial charge in [0.1, 0.15) is 11.5 Å². The van der Waals surface area contributed by atoms with E-state index in [1.54, 1.807) is 18.2 Å². The van der Waals surface area contributed by atoms with Crippen LogP contribution in [0.15, 0.2) is 66.7 Å². The van der Waals surface area contributed by atoms with E-state index in [1.165, 1.54) is 12.1 Å². The number of amides is 1. The standard InChI is InChI=1S/C30H33FN6O3S/c31-26-7-3-2-6-23(26)21-34-16-18-35(19-17-34)25-11-9-24(10-12-25)32-30(41)33-29(38)22-8-13-27(28(20-22)37(39)40)36-14-4-1-5-15-36/h2-3,6-13,20H,1,4-5,14-19,21H2,(H2,32,33,38,41). The summed E-state index contributed by atoms with van der Waals surface area (Å²) < 4.78 is 14.0. The second-order valence-electron chi connectivity index (χ2n) is 10.3. The topological polar surface area (TPSA) is 94.0 Å². The molecule has 0 saturated carbocycles. The molecule has 2 fully saturated rings. The quantitative estimate of drug-likeness (QED) is 0.226. The number of piperidine rings is 1. The number of thiocarbonyl (C=S) groups is 1. The van der Waals surface area contributed by atoms with E-state index in [4.69, 9.17) is 12.2 Å². The van der Waals surface area contributed by atoms with Crippen LogP contribution in [0.3, 0.4) is 0 Å². The van der Waals surface area contributed by atoms with E-state index >= 15 is 0 Å². The van der Waals surface area contributed by atoms with Crippen molar-refractivity contribution in [3.63, 3.8) is 0 Å². The molecule has 11 heteroatoms. The smallest absolute Gasteiger partial charge is 0.293 e. The zero-order valence-electron chi connectivity index (χ0n) is 22.7. The lowest BCUT2D eigenvalue weighted by molar-refractivity contribution is -0.384. The van der Waals surface area contributed by atoms with E-state index in [0.29, 0.717) is 23.5 Å². The number of halogens is 1. The summed E-state index contributed by atoms with van der Waals surface area (Å²) in [6, 6.07) is 19.2. The van der Waals surface area contributed by atoms with Crippen molar-refractivity contribution in [3.05, 3.63) is 93.8 Å². The van der Waals surface area contributed by atoms with Crippen LogP contribution in [0.2, 0.25) is 0 Å². The number of carbonyl (C=O) groups excluding carboxylic acids is 1. The highest BCUT2D eigenvalue weighted by atomic mass is 32.1. The van der Waals surface area contributed by atoms with Crippen LogP contribution in [0.4, 0.5) is 27.1 Å². The number of rotatable bonds is 7. The molecule has 0 aromatic heterocycles. The number of nitrogens with one attached hydrogen (secondary N) is 2. The Kier molecular flexibility index (Phi) is 9.05. The third-order valence-electron chi connectivity index (χ3n) is 7.57. The van der Waals surface area contributed by atoms with Crippen molar-refractivity contribution in [2.45, 2.75) is 25.8 Å². The molecule has 3 aromatic carbocycles. The van der Waals surface area contributed by atoms with Crippen LogP contribution in [0.1, 0.15) is 35.2 Å². The minimum atomic E-state index is -0.513. The maximum atomic E-state index is 14.0. The monoisotopic (exact) mass is 576 g/mol. The van der Waals surface area contributed by atoms with Gasteiger partial charge in [-0.3, -0.25) is 25.1 Å². The number of hydrogen-bond donors (Lipinski definition) is 2. The molecule has 2 heterocycles. The highest BCUT2D eigenvalue weighted by Crippen LogP contribution is 2.31. The lowest BCUT2D eigenvalue weighted by Gasteiger charge is -2.36. The number of nitrogens with zero attached hydrogens (tertiary/aromatic N) is 4. The Bertz CT molecular complexity index is 1410. The van der Waals surface area contributed by atoms with Crippen molar-refractivity contribution < 1.29 is 14.1 Å². The minimum Gasteiger partial charge on any atom is -0.369 e. The molecular formula is C30H33FN6O3S. The van der Waals surface area contributed by atoms with E-state index in [9.17, 15) is 19.3 Å². The van der Waals surface area contributed by atoms with E-state index in [0.717, 1.165) is 64.2 Å². The van der Waals surface area contributed by atoms with Crippen molar-refractivity contribution in [3.8, 4) is 0 Å². The molecule has 0 bridgehead atoms. The van der Waals surface area contributed by atoms with Crippen molar-refractivity contribution >= 4 is 46.0 Å². The van der Waals surface area contributed by atoms with Crippen molar-refractivity contribution in [1.82, 2.24) is 10.2 Å². The average molecular weight is 577 g/mol. The molecule has 41 heavy (non-hydrogen) atoms. The van der Waals surface area contributed by atoms with Gasteiger partial charge in [-0.2, -0.15) is 0 Å². The maximum Gasteiger partial charge on any atom is 0.293 e. The number of hydrogen-bond acceptors (Lipinski definition) is 7. The molecule has 3 aromatic rings. The molecule has 0 unspecified atom stereocenters. The van der Waals surface area contributed by atoms with Crippen LogP contribution < -0.4 is 20.4 Å². The Morgan fingerprint density at radius 2 is 1.61 bits per heavy atom. The van der Waals surface area contributed by atoms with Gasteiger partial charge in [0.25, 0.3) is 11.6 Å². The fourth-order valence-corrected chi connectivity index (χ4v) is 5.55. The molecule has 0 radical (unpaired) electrons. The fraction of sp³-hybridized carbons (Fsp3) is 0.333. The Morgan fingerprint density at radius 3 is 2.29 bits per heavy atom. The SMILES string of the molecule is O=C(NC(=S)Nc1ccc(N2CCN(Cc3ccccc3F)CC2)cc1)c1ccc(N2CCCCC2)c([N+](=O)[O-])c1. The van der Waals surface area contributed by atoms with Gasteiger partial charge < -0.3 is 15.1 Å². The first-order valence-corrected chi connectivity index (χ1v) is 14.2. The van der Waals surface area contributed by atoms with Gasteiger partial charge >= 0.3 is 0 Å². The first-order valence-electron chi connectivity index (χ1n) is 13.8. The van der Waals surface area contributed by atoms with Gasteiger partial charge in [0.05, 0.1) is 4.92 Å². The van der Waals surface area contributed by atoms with Crippen molar-refractivity contribution in [2.24, 2.45) is 0 Å². The summed E-state index contributed by atoms with van der Waals surface area (Å²) in [5.41, 5.74) is 3.12. The van der Waals surface area contributed by atoms with Gasteiger partial charge in [-0.25, -0.2) is 4.39 Å². The second kappa shape index (κ2) is 13.0. The lowest BCUT2D eigenvalue weighted by atomic mass is 10.1. The molecule has 1 amide bonds. The molecule has 2 saturated heterocycles. The summed E-state index contributed by atoms with van der Waals surface area (Å²) >= 11 is 5.33. The number of nitro groups is 1. The van der Waals surface area contributed by atoms with E-state index in [1.807, 2.05) is 41.3 Å². The summed E-state index contributed by atoms with van der Waals surface area (Å²) in [5, 5.41) is 17.5. The molecule has 2 aliphatic heterocycles. The average Bonchev–Trinajstić information content (AvgIpc) is 2.99. The van der Waals surface area contributed by atoms with Crippen LogP contribution in [0.25, 0.3) is 0 Å². The van der Waals surface area contributed by atoms with Gasteiger partial charge in [0.15, 0.2) is 5.11 Å². The van der Waals surface area contributed by atoms with Crippen molar-refractivity contribution in [1.29, 1.82) is 0 Å².